The Kier molecular flexibility index (Phi) is 4.91. The molecule has 1 saturated carbocycles. The van der Waals surface area contributed by atoms with Crippen LogP contribution in [0, 0.1) is 5.92 Å². The highest BCUT2D eigenvalue weighted by Gasteiger charge is 2.28. The van der Waals surface area contributed by atoms with Gasteiger partial charge in [-0.1, -0.05) is 23.2 Å². The van der Waals surface area contributed by atoms with Crippen LogP contribution in [0.4, 0.5) is 0 Å². The number of nitrogens with one attached hydrogen (secondary N) is 1. The number of halogens is 2. The van der Waals surface area contributed by atoms with E-state index in [9.17, 15) is 4.79 Å². The molecule has 6 heteroatoms. The lowest BCUT2D eigenvalue weighted by Gasteiger charge is -2.12. The van der Waals surface area contributed by atoms with Gasteiger partial charge < -0.3 is 15.8 Å². The maximum Gasteiger partial charge on any atom is 0.257 e. The van der Waals surface area contributed by atoms with E-state index in [4.69, 9.17) is 33.7 Å². The van der Waals surface area contributed by atoms with E-state index in [0.717, 1.165) is 12.8 Å². The van der Waals surface area contributed by atoms with Crippen LogP contribution in [0.5, 0.6) is 5.75 Å². The van der Waals surface area contributed by atoms with Crippen LogP contribution in [-0.4, -0.2) is 25.1 Å². The van der Waals surface area contributed by atoms with E-state index in [2.05, 4.69) is 5.32 Å². The quantitative estimate of drug-likeness (QED) is 0.847. The summed E-state index contributed by atoms with van der Waals surface area (Å²) < 4.78 is 5.32. The molecule has 1 fully saturated rings. The van der Waals surface area contributed by atoms with Crippen molar-refractivity contribution in [3.63, 3.8) is 0 Å². The van der Waals surface area contributed by atoms with Crippen molar-refractivity contribution < 1.29 is 9.53 Å². The first-order chi connectivity index (χ1) is 9.06. The third-order valence-corrected chi connectivity index (χ3v) is 3.76. The van der Waals surface area contributed by atoms with Gasteiger partial charge in [0, 0.05) is 18.7 Å². The Hall–Kier alpha value is -0.970. The molecule has 4 nitrogen and oxygen atoms in total. The molecule has 1 aliphatic carbocycles. The molecule has 0 heterocycles. The highest BCUT2D eigenvalue weighted by atomic mass is 35.5. The summed E-state index contributed by atoms with van der Waals surface area (Å²) in [5, 5.41) is 3.60. The number of hydrogen-bond donors (Lipinski definition) is 2. The number of rotatable bonds is 6. The minimum Gasteiger partial charge on any atom is -0.484 e. The van der Waals surface area contributed by atoms with E-state index in [0.29, 0.717) is 28.3 Å². The Morgan fingerprint density at radius 1 is 1.42 bits per heavy atom. The summed E-state index contributed by atoms with van der Waals surface area (Å²) in [4.78, 5) is 11.6. The molecule has 1 amide bonds. The largest absolute Gasteiger partial charge is 0.484 e. The zero-order chi connectivity index (χ0) is 13.8. The predicted molar refractivity (Wildman–Crippen MR) is 75.7 cm³/mol. The van der Waals surface area contributed by atoms with Crippen molar-refractivity contribution in [1.29, 1.82) is 0 Å². The van der Waals surface area contributed by atoms with Crippen LogP contribution in [0.1, 0.15) is 12.8 Å². The van der Waals surface area contributed by atoms with Crippen molar-refractivity contribution in [2.45, 2.75) is 18.9 Å². The summed E-state index contributed by atoms with van der Waals surface area (Å²) >= 11 is 11.6. The van der Waals surface area contributed by atoms with Crippen LogP contribution in [0.25, 0.3) is 0 Å². The average molecular weight is 303 g/mol. The molecule has 1 unspecified atom stereocenters. The zero-order valence-electron chi connectivity index (χ0n) is 10.4. The summed E-state index contributed by atoms with van der Waals surface area (Å²) in [7, 11) is 0. The number of nitrogens with two attached hydrogens (primary N) is 1. The lowest BCUT2D eigenvalue weighted by atomic mass is 10.2. The fourth-order valence-electron chi connectivity index (χ4n) is 1.69. The monoisotopic (exact) mass is 302 g/mol. The van der Waals surface area contributed by atoms with E-state index in [1.807, 2.05) is 0 Å². The van der Waals surface area contributed by atoms with E-state index in [-0.39, 0.29) is 18.6 Å². The molecule has 0 saturated heterocycles. The molecular weight excluding hydrogens is 287 g/mol. The van der Waals surface area contributed by atoms with Gasteiger partial charge in [0.15, 0.2) is 6.61 Å². The van der Waals surface area contributed by atoms with Crippen molar-refractivity contribution in [2.24, 2.45) is 11.7 Å². The van der Waals surface area contributed by atoms with Crippen LogP contribution >= 0.6 is 23.2 Å². The molecule has 0 spiro atoms. The second-order valence-corrected chi connectivity index (χ2v) is 5.48. The normalized spacial score (nSPS) is 15.9. The predicted octanol–water partition coefficient (Wildman–Crippen LogP) is 2.23. The maximum atomic E-state index is 11.6. The first kappa shape index (κ1) is 14.4. The molecule has 3 N–H and O–H groups in total. The van der Waals surface area contributed by atoms with Crippen LogP contribution in [0.15, 0.2) is 18.2 Å². The number of carbonyl (C=O) groups excluding carboxylic acids is 1. The van der Waals surface area contributed by atoms with E-state index >= 15 is 0 Å². The van der Waals surface area contributed by atoms with Crippen molar-refractivity contribution in [1.82, 2.24) is 5.32 Å². The summed E-state index contributed by atoms with van der Waals surface area (Å²) in [6.07, 6.45) is 2.33. The molecule has 1 aromatic carbocycles. The van der Waals surface area contributed by atoms with E-state index in [1.54, 1.807) is 18.2 Å². The van der Waals surface area contributed by atoms with Crippen molar-refractivity contribution in [3.8, 4) is 5.75 Å². The molecule has 19 heavy (non-hydrogen) atoms. The SMILES string of the molecule is NC(CNC(=O)COc1ccc(Cl)c(Cl)c1)C1CC1. The van der Waals surface area contributed by atoms with Gasteiger partial charge in [0.25, 0.3) is 5.91 Å². The highest BCUT2D eigenvalue weighted by molar-refractivity contribution is 6.42. The van der Waals surface area contributed by atoms with Gasteiger partial charge in [-0.25, -0.2) is 0 Å². The van der Waals surface area contributed by atoms with Crippen molar-refractivity contribution in [3.05, 3.63) is 28.2 Å². The minimum absolute atomic E-state index is 0.0499. The molecule has 1 aliphatic rings. The number of benzene rings is 1. The fraction of sp³-hybridized carbons (Fsp3) is 0.462. The summed E-state index contributed by atoms with van der Waals surface area (Å²) in [5.74, 6) is 0.884. The maximum absolute atomic E-state index is 11.6. The number of carbonyl (C=O) groups is 1. The average Bonchev–Trinajstić information content (AvgIpc) is 3.21. The lowest BCUT2D eigenvalue weighted by molar-refractivity contribution is -0.123. The third-order valence-electron chi connectivity index (χ3n) is 3.02. The Labute approximate surface area is 122 Å². The Morgan fingerprint density at radius 2 is 2.16 bits per heavy atom. The molecular formula is C13H16Cl2N2O2. The van der Waals surface area contributed by atoms with Gasteiger partial charge in [0.2, 0.25) is 0 Å². The molecule has 0 aromatic heterocycles. The van der Waals surface area contributed by atoms with Gasteiger partial charge in [-0.15, -0.1) is 0 Å². The topological polar surface area (TPSA) is 64.3 Å². The third kappa shape index (κ3) is 4.56. The zero-order valence-corrected chi connectivity index (χ0v) is 11.9. The lowest BCUT2D eigenvalue weighted by Crippen LogP contribution is -2.40. The number of ether oxygens (including phenoxy) is 1. The van der Waals surface area contributed by atoms with Gasteiger partial charge in [0.05, 0.1) is 10.0 Å². The van der Waals surface area contributed by atoms with Gasteiger partial charge in [-0.2, -0.15) is 0 Å². The second kappa shape index (κ2) is 6.46. The van der Waals surface area contributed by atoms with E-state index < -0.39 is 0 Å². The smallest absolute Gasteiger partial charge is 0.257 e. The molecule has 0 radical (unpaired) electrons. The first-order valence-corrected chi connectivity index (χ1v) is 6.92. The van der Waals surface area contributed by atoms with Gasteiger partial charge >= 0.3 is 0 Å². The second-order valence-electron chi connectivity index (χ2n) is 4.67. The van der Waals surface area contributed by atoms with E-state index in [1.165, 1.54) is 0 Å². The summed E-state index contributed by atoms with van der Waals surface area (Å²) in [6, 6.07) is 4.92. The first-order valence-electron chi connectivity index (χ1n) is 6.16. The summed E-state index contributed by atoms with van der Waals surface area (Å²) in [6.45, 7) is 0.434. The molecule has 1 atom stereocenters. The molecule has 0 bridgehead atoms. The van der Waals surface area contributed by atoms with Gasteiger partial charge in [0.1, 0.15) is 5.75 Å². The molecule has 104 valence electrons. The van der Waals surface area contributed by atoms with Crippen LogP contribution in [-0.2, 0) is 4.79 Å². The standard InChI is InChI=1S/C13H16Cl2N2O2/c14-10-4-3-9(5-11(10)15)19-7-13(18)17-6-12(16)8-1-2-8/h3-5,8,12H,1-2,6-7,16H2,(H,17,18). The van der Waals surface area contributed by atoms with Crippen LogP contribution < -0.4 is 15.8 Å². The number of hydrogen-bond acceptors (Lipinski definition) is 3. The highest BCUT2D eigenvalue weighted by Crippen LogP contribution is 2.31. The van der Waals surface area contributed by atoms with Crippen LogP contribution in [0.3, 0.4) is 0 Å². The summed E-state index contributed by atoms with van der Waals surface area (Å²) in [5.41, 5.74) is 5.88. The fourth-order valence-corrected chi connectivity index (χ4v) is 1.98. The van der Waals surface area contributed by atoms with Gasteiger partial charge in [-0.3, -0.25) is 4.79 Å². The molecule has 1 aromatic rings. The molecule has 2 rings (SSSR count). The molecule has 0 aliphatic heterocycles. The number of amides is 1. The van der Waals surface area contributed by atoms with Gasteiger partial charge in [-0.05, 0) is 30.9 Å². The minimum atomic E-state index is -0.192. The Balaban J connectivity index is 1.71. The van der Waals surface area contributed by atoms with Crippen molar-refractivity contribution in [2.75, 3.05) is 13.2 Å². The van der Waals surface area contributed by atoms with Crippen molar-refractivity contribution >= 4 is 29.1 Å². The van der Waals surface area contributed by atoms with Crippen LogP contribution in [0.2, 0.25) is 10.0 Å². The Morgan fingerprint density at radius 3 is 2.79 bits per heavy atom. The Bertz CT molecular complexity index is 464.